The first-order valence-corrected chi connectivity index (χ1v) is 7.37. The van der Waals surface area contributed by atoms with E-state index in [2.05, 4.69) is 4.90 Å². The highest BCUT2D eigenvalue weighted by molar-refractivity contribution is 5.81. The van der Waals surface area contributed by atoms with Crippen LogP contribution in [0.25, 0.3) is 0 Å². The number of piperazine rings is 1. The van der Waals surface area contributed by atoms with Crippen molar-refractivity contribution in [3.8, 4) is 0 Å². The number of rotatable bonds is 6. The molecule has 1 aromatic rings. The van der Waals surface area contributed by atoms with Gasteiger partial charge in [-0.05, 0) is 19.1 Å². The van der Waals surface area contributed by atoms with Gasteiger partial charge in [-0.1, -0.05) is 0 Å². The van der Waals surface area contributed by atoms with E-state index in [0.717, 1.165) is 25.4 Å². The van der Waals surface area contributed by atoms with Crippen LogP contribution in [0.15, 0.2) is 22.8 Å². The lowest BCUT2D eigenvalue weighted by Crippen LogP contribution is -2.48. The van der Waals surface area contributed by atoms with Gasteiger partial charge in [0.1, 0.15) is 5.76 Å². The molecule has 1 fully saturated rings. The molecule has 0 bridgehead atoms. The van der Waals surface area contributed by atoms with Crippen LogP contribution in [-0.2, 0) is 20.9 Å². The minimum Gasteiger partial charge on any atom is -0.468 e. The highest BCUT2D eigenvalue weighted by Crippen LogP contribution is 2.10. The summed E-state index contributed by atoms with van der Waals surface area (Å²) in [6.07, 6.45) is 2.07. The van der Waals surface area contributed by atoms with Crippen LogP contribution in [-0.4, -0.2) is 54.5 Å². The Labute approximate surface area is 124 Å². The second-order valence-corrected chi connectivity index (χ2v) is 5.04. The van der Waals surface area contributed by atoms with E-state index in [0.29, 0.717) is 19.7 Å². The molecule has 21 heavy (non-hydrogen) atoms. The largest absolute Gasteiger partial charge is 0.468 e. The van der Waals surface area contributed by atoms with Crippen molar-refractivity contribution in [2.24, 2.45) is 0 Å². The van der Waals surface area contributed by atoms with E-state index in [-0.39, 0.29) is 24.7 Å². The molecule has 6 heteroatoms. The number of nitrogens with zero attached hydrogens (tertiary/aromatic N) is 2. The topological polar surface area (TPSA) is 63.0 Å². The molecule has 0 aliphatic carbocycles. The van der Waals surface area contributed by atoms with E-state index in [4.69, 9.17) is 9.15 Å². The molecule has 0 spiro atoms. The van der Waals surface area contributed by atoms with Crippen LogP contribution in [0, 0.1) is 0 Å². The van der Waals surface area contributed by atoms with Gasteiger partial charge in [0.25, 0.3) is 0 Å². The Bertz CT molecular complexity index is 450. The molecular weight excluding hydrogens is 272 g/mol. The fraction of sp³-hybridized carbons (Fsp3) is 0.600. The first-order chi connectivity index (χ1) is 10.2. The van der Waals surface area contributed by atoms with Gasteiger partial charge < -0.3 is 14.1 Å². The Morgan fingerprint density at radius 2 is 2.00 bits per heavy atom. The van der Waals surface area contributed by atoms with Crippen molar-refractivity contribution in [2.75, 3.05) is 32.8 Å². The van der Waals surface area contributed by atoms with Crippen molar-refractivity contribution >= 4 is 11.9 Å². The molecule has 0 atom stereocenters. The number of hydrogen-bond donors (Lipinski definition) is 0. The molecule has 1 aliphatic rings. The molecular formula is C15H22N2O4. The Morgan fingerprint density at radius 3 is 2.62 bits per heavy atom. The number of furan rings is 1. The van der Waals surface area contributed by atoms with Crippen LogP contribution in [0.2, 0.25) is 0 Å². The third-order valence-corrected chi connectivity index (χ3v) is 3.53. The highest BCUT2D eigenvalue weighted by atomic mass is 16.5. The predicted octanol–water partition coefficient (Wildman–Crippen LogP) is 1.27. The third-order valence-electron chi connectivity index (χ3n) is 3.53. The zero-order valence-corrected chi connectivity index (χ0v) is 12.4. The van der Waals surface area contributed by atoms with E-state index < -0.39 is 0 Å². The summed E-state index contributed by atoms with van der Waals surface area (Å²) in [6, 6.07) is 3.83. The van der Waals surface area contributed by atoms with Crippen molar-refractivity contribution in [3.63, 3.8) is 0 Å². The standard InChI is InChI=1S/C15H22N2O4/c1-2-20-15(19)6-5-14(18)17-9-7-16(8-10-17)12-13-4-3-11-21-13/h3-4,11H,2,5-10,12H2,1H3. The van der Waals surface area contributed by atoms with Crippen LogP contribution in [0.5, 0.6) is 0 Å². The molecule has 0 aromatic carbocycles. The van der Waals surface area contributed by atoms with Crippen molar-refractivity contribution in [2.45, 2.75) is 26.3 Å². The summed E-state index contributed by atoms with van der Waals surface area (Å²) in [7, 11) is 0. The number of carbonyl (C=O) groups is 2. The maximum absolute atomic E-state index is 12.0. The van der Waals surface area contributed by atoms with Crippen LogP contribution in [0.4, 0.5) is 0 Å². The normalized spacial score (nSPS) is 16.0. The molecule has 2 heterocycles. The van der Waals surface area contributed by atoms with Crippen molar-refractivity contribution in [1.82, 2.24) is 9.80 Å². The summed E-state index contributed by atoms with van der Waals surface area (Å²) in [5.74, 6) is 0.667. The Morgan fingerprint density at radius 1 is 1.24 bits per heavy atom. The fourth-order valence-corrected chi connectivity index (χ4v) is 2.38. The van der Waals surface area contributed by atoms with E-state index >= 15 is 0 Å². The predicted molar refractivity (Wildman–Crippen MR) is 76.4 cm³/mol. The molecule has 1 aromatic heterocycles. The quantitative estimate of drug-likeness (QED) is 0.739. The zero-order valence-electron chi connectivity index (χ0n) is 12.4. The van der Waals surface area contributed by atoms with Gasteiger partial charge >= 0.3 is 5.97 Å². The molecule has 116 valence electrons. The summed E-state index contributed by atoms with van der Waals surface area (Å²) < 4.78 is 10.2. The van der Waals surface area contributed by atoms with Gasteiger partial charge in [0.2, 0.25) is 5.91 Å². The summed E-state index contributed by atoms with van der Waals surface area (Å²) in [6.45, 7) is 5.94. The summed E-state index contributed by atoms with van der Waals surface area (Å²) in [5, 5.41) is 0. The monoisotopic (exact) mass is 294 g/mol. The second kappa shape index (κ2) is 7.83. The smallest absolute Gasteiger partial charge is 0.306 e. The van der Waals surface area contributed by atoms with E-state index in [1.54, 1.807) is 13.2 Å². The summed E-state index contributed by atoms with van der Waals surface area (Å²) >= 11 is 0. The van der Waals surface area contributed by atoms with Gasteiger partial charge in [-0.25, -0.2) is 0 Å². The molecule has 0 radical (unpaired) electrons. The fourth-order valence-electron chi connectivity index (χ4n) is 2.38. The van der Waals surface area contributed by atoms with Crippen molar-refractivity contribution in [1.29, 1.82) is 0 Å². The molecule has 1 saturated heterocycles. The van der Waals surface area contributed by atoms with Crippen LogP contribution in [0.3, 0.4) is 0 Å². The van der Waals surface area contributed by atoms with Crippen LogP contribution >= 0.6 is 0 Å². The Hall–Kier alpha value is -1.82. The summed E-state index contributed by atoms with van der Waals surface area (Å²) in [4.78, 5) is 27.3. The van der Waals surface area contributed by atoms with Crippen molar-refractivity contribution < 1.29 is 18.7 Å². The number of esters is 1. The Kier molecular flexibility index (Phi) is 5.80. The van der Waals surface area contributed by atoms with E-state index in [9.17, 15) is 9.59 Å². The zero-order chi connectivity index (χ0) is 15.1. The lowest BCUT2D eigenvalue weighted by atomic mass is 10.2. The number of amides is 1. The molecule has 0 saturated carbocycles. The van der Waals surface area contributed by atoms with Gasteiger partial charge in [0.05, 0.1) is 25.8 Å². The maximum atomic E-state index is 12.0. The average Bonchev–Trinajstić information content (AvgIpc) is 2.99. The minimum absolute atomic E-state index is 0.0284. The average molecular weight is 294 g/mol. The first-order valence-electron chi connectivity index (χ1n) is 7.37. The Balaban J connectivity index is 1.68. The van der Waals surface area contributed by atoms with Gasteiger partial charge in [0.15, 0.2) is 0 Å². The van der Waals surface area contributed by atoms with Crippen LogP contribution in [0.1, 0.15) is 25.5 Å². The lowest BCUT2D eigenvalue weighted by Gasteiger charge is -2.34. The lowest BCUT2D eigenvalue weighted by molar-refractivity contribution is -0.146. The highest BCUT2D eigenvalue weighted by Gasteiger charge is 2.22. The second-order valence-electron chi connectivity index (χ2n) is 5.04. The van der Waals surface area contributed by atoms with Crippen molar-refractivity contribution in [3.05, 3.63) is 24.2 Å². The first kappa shape index (κ1) is 15.6. The minimum atomic E-state index is -0.303. The SMILES string of the molecule is CCOC(=O)CCC(=O)N1CCN(Cc2ccco2)CC1. The molecule has 2 rings (SSSR count). The maximum Gasteiger partial charge on any atom is 0.306 e. The van der Waals surface area contributed by atoms with Gasteiger partial charge in [-0.15, -0.1) is 0 Å². The van der Waals surface area contributed by atoms with Gasteiger partial charge in [-0.3, -0.25) is 14.5 Å². The molecule has 6 nitrogen and oxygen atoms in total. The molecule has 0 N–H and O–H groups in total. The number of ether oxygens (including phenoxy) is 1. The number of hydrogen-bond acceptors (Lipinski definition) is 5. The molecule has 1 amide bonds. The number of carbonyl (C=O) groups excluding carboxylic acids is 2. The molecule has 1 aliphatic heterocycles. The van der Waals surface area contributed by atoms with Gasteiger partial charge in [0, 0.05) is 32.6 Å². The van der Waals surface area contributed by atoms with Crippen LogP contribution < -0.4 is 0 Å². The van der Waals surface area contributed by atoms with Gasteiger partial charge in [-0.2, -0.15) is 0 Å². The summed E-state index contributed by atoms with van der Waals surface area (Å²) in [5.41, 5.74) is 0. The molecule has 0 unspecified atom stereocenters. The van der Waals surface area contributed by atoms with E-state index in [1.165, 1.54) is 0 Å². The van der Waals surface area contributed by atoms with E-state index in [1.807, 2.05) is 17.0 Å². The third kappa shape index (κ3) is 4.90.